The second-order valence-corrected chi connectivity index (χ2v) is 5.19. The maximum atomic E-state index is 11.1. The van der Waals surface area contributed by atoms with Crippen molar-refractivity contribution >= 4 is 23.3 Å². The highest BCUT2D eigenvalue weighted by atomic mass is 35.5. The molecule has 1 saturated heterocycles. The topological polar surface area (TPSA) is 71.2 Å². The van der Waals surface area contributed by atoms with E-state index in [0.717, 1.165) is 31.0 Å². The first-order valence-electron chi connectivity index (χ1n) is 6.51. The molecule has 6 heteroatoms. The van der Waals surface area contributed by atoms with Crippen LogP contribution in [0.5, 0.6) is 0 Å². The van der Waals surface area contributed by atoms with E-state index in [1.165, 1.54) is 0 Å². The van der Waals surface area contributed by atoms with Gasteiger partial charge in [-0.1, -0.05) is 11.6 Å². The van der Waals surface area contributed by atoms with Gasteiger partial charge in [-0.2, -0.15) is 0 Å². The van der Waals surface area contributed by atoms with Crippen LogP contribution >= 0.6 is 11.6 Å². The molecule has 0 saturated carbocycles. The Morgan fingerprint density at radius 1 is 1.63 bits per heavy atom. The Hall–Kier alpha value is -1.33. The molecule has 19 heavy (non-hydrogen) atoms. The first-order valence-corrected chi connectivity index (χ1v) is 6.89. The number of rotatable bonds is 5. The first kappa shape index (κ1) is 14.1. The molecular formula is C13H19ClN4O. The van der Waals surface area contributed by atoms with Crippen LogP contribution in [0.1, 0.15) is 19.0 Å². The number of amides is 1. The fraction of sp³-hybridized carbons (Fsp3) is 0.538. The molecule has 2 rings (SSSR count). The number of halogens is 1. The van der Waals surface area contributed by atoms with Crippen LogP contribution in [0.2, 0.25) is 5.02 Å². The Morgan fingerprint density at radius 2 is 2.42 bits per heavy atom. The number of aromatic nitrogens is 1. The number of nitrogens with zero attached hydrogens (tertiary/aromatic N) is 2. The van der Waals surface area contributed by atoms with Gasteiger partial charge in [-0.05, 0) is 32.0 Å². The van der Waals surface area contributed by atoms with Crippen LogP contribution in [0.4, 0.5) is 5.82 Å². The number of nitrogens with one attached hydrogen (secondary N) is 1. The summed E-state index contributed by atoms with van der Waals surface area (Å²) in [6, 6.07) is 3.72. The zero-order valence-electron chi connectivity index (χ0n) is 11.0. The normalized spacial score (nSPS) is 19.6. The molecule has 0 aliphatic carbocycles. The number of carbonyl (C=O) groups excluding carboxylic acids is 1. The van der Waals surface area contributed by atoms with E-state index < -0.39 is 0 Å². The van der Waals surface area contributed by atoms with Crippen molar-refractivity contribution in [2.45, 2.75) is 19.9 Å². The van der Waals surface area contributed by atoms with Gasteiger partial charge in [0.15, 0.2) is 0 Å². The van der Waals surface area contributed by atoms with E-state index in [1.807, 2.05) is 19.1 Å². The van der Waals surface area contributed by atoms with Gasteiger partial charge in [0, 0.05) is 19.6 Å². The van der Waals surface area contributed by atoms with Crippen LogP contribution in [-0.4, -0.2) is 35.4 Å². The molecule has 0 radical (unpaired) electrons. The summed E-state index contributed by atoms with van der Waals surface area (Å²) in [5.41, 5.74) is 6.17. The van der Waals surface area contributed by atoms with E-state index in [4.69, 9.17) is 17.3 Å². The molecule has 1 aliphatic rings. The van der Waals surface area contributed by atoms with Crippen molar-refractivity contribution in [2.24, 2.45) is 11.7 Å². The van der Waals surface area contributed by atoms with Crippen molar-refractivity contribution in [1.82, 2.24) is 9.88 Å². The first-order chi connectivity index (χ1) is 9.10. The van der Waals surface area contributed by atoms with Crippen molar-refractivity contribution in [3.05, 3.63) is 22.8 Å². The molecule has 2 heterocycles. The van der Waals surface area contributed by atoms with Crippen LogP contribution < -0.4 is 11.1 Å². The fourth-order valence-corrected chi connectivity index (χ4v) is 2.46. The molecule has 5 nitrogen and oxygen atoms in total. The minimum atomic E-state index is -0.219. The van der Waals surface area contributed by atoms with Gasteiger partial charge in [0.25, 0.3) is 0 Å². The second kappa shape index (κ2) is 6.21. The maximum absolute atomic E-state index is 11.1. The Morgan fingerprint density at radius 3 is 3.05 bits per heavy atom. The van der Waals surface area contributed by atoms with Crippen molar-refractivity contribution in [2.75, 3.05) is 25.0 Å². The van der Waals surface area contributed by atoms with Crippen LogP contribution in [0, 0.1) is 5.92 Å². The van der Waals surface area contributed by atoms with Gasteiger partial charge in [-0.15, -0.1) is 0 Å². The number of anilines is 1. The molecule has 1 aromatic rings. The Labute approximate surface area is 118 Å². The molecule has 0 bridgehead atoms. The average molecular weight is 283 g/mol. The lowest BCUT2D eigenvalue weighted by molar-refractivity contribution is -0.121. The molecule has 1 atom stereocenters. The zero-order valence-corrected chi connectivity index (χ0v) is 11.8. The predicted octanol–water partition coefficient (Wildman–Crippen LogP) is 1.47. The van der Waals surface area contributed by atoms with Gasteiger partial charge in [-0.25, -0.2) is 4.98 Å². The van der Waals surface area contributed by atoms with Crippen LogP contribution in [0.15, 0.2) is 12.1 Å². The van der Waals surface area contributed by atoms with Gasteiger partial charge >= 0.3 is 0 Å². The summed E-state index contributed by atoms with van der Waals surface area (Å²) in [6.07, 6.45) is 0.819. The predicted molar refractivity (Wildman–Crippen MR) is 76.0 cm³/mol. The number of carbonyl (C=O) groups is 1. The van der Waals surface area contributed by atoms with Gasteiger partial charge in [0.2, 0.25) is 5.91 Å². The smallest absolute Gasteiger partial charge is 0.221 e. The minimum Gasteiger partial charge on any atom is -0.370 e. The van der Waals surface area contributed by atoms with Crippen molar-refractivity contribution in [3.8, 4) is 0 Å². The summed E-state index contributed by atoms with van der Waals surface area (Å²) in [5, 5.41) is 3.82. The van der Waals surface area contributed by atoms with E-state index >= 15 is 0 Å². The highest BCUT2D eigenvalue weighted by molar-refractivity contribution is 6.31. The molecule has 3 N–H and O–H groups in total. The van der Waals surface area contributed by atoms with Gasteiger partial charge < -0.3 is 11.1 Å². The lowest BCUT2D eigenvalue weighted by atomic mass is 10.1. The van der Waals surface area contributed by atoms with Gasteiger partial charge in [0.05, 0.1) is 16.6 Å². The zero-order chi connectivity index (χ0) is 13.8. The Kier molecular flexibility index (Phi) is 4.61. The molecule has 0 spiro atoms. The third kappa shape index (κ3) is 3.58. The summed E-state index contributed by atoms with van der Waals surface area (Å²) in [6.45, 7) is 5.05. The van der Waals surface area contributed by atoms with E-state index in [9.17, 15) is 4.79 Å². The van der Waals surface area contributed by atoms with Crippen molar-refractivity contribution in [3.63, 3.8) is 0 Å². The number of hydrogen-bond acceptors (Lipinski definition) is 4. The lowest BCUT2D eigenvalue weighted by Gasteiger charge is -2.16. The second-order valence-electron chi connectivity index (χ2n) is 4.78. The Bertz CT molecular complexity index is 466. The number of likely N-dealkylation sites (tertiary alicyclic amines) is 1. The average Bonchev–Trinajstić information content (AvgIpc) is 2.82. The van der Waals surface area contributed by atoms with Crippen LogP contribution in [0.3, 0.4) is 0 Å². The largest absolute Gasteiger partial charge is 0.370 e. The molecule has 1 fully saturated rings. The van der Waals surface area contributed by atoms with Crippen molar-refractivity contribution in [1.29, 1.82) is 0 Å². The molecule has 104 valence electrons. The number of pyridine rings is 1. The third-order valence-corrected chi connectivity index (χ3v) is 3.67. The van der Waals surface area contributed by atoms with E-state index in [2.05, 4.69) is 15.2 Å². The Balaban J connectivity index is 2.03. The van der Waals surface area contributed by atoms with Gasteiger partial charge in [-0.3, -0.25) is 9.69 Å². The SMILES string of the molecule is CCNc1ccc(Cl)c(CN2CCC(C(N)=O)C2)n1. The minimum absolute atomic E-state index is 0.0456. The monoisotopic (exact) mass is 282 g/mol. The molecular weight excluding hydrogens is 264 g/mol. The highest BCUT2D eigenvalue weighted by Gasteiger charge is 2.27. The number of hydrogen-bond donors (Lipinski definition) is 2. The van der Waals surface area contributed by atoms with E-state index in [-0.39, 0.29) is 11.8 Å². The number of primary amides is 1. The highest BCUT2D eigenvalue weighted by Crippen LogP contribution is 2.22. The van der Waals surface area contributed by atoms with Crippen molar-refractivity contribution < 1.29 is 4.79 Å². The molecule has 0 aromatic carbocycles. The molecule has 1 amide bonds. The van der Waals surface area contributed by atoms with Gasteiger partial charge in [0.1, 0.15) is 5.82 Å². The summed E-state index contributed by atoms with van der Waals surface area (Å²) in [7, 11) is 0. The molecule has 1 aliphatic heterocycles. The van der Waals surface area contributed by atoms with Crippen LogP contribution in [-0.2, 0) is 11.3 Å². The molecule has 1 unspecified atom stereocenters. The molecule has 1 aromatic heterocycles. The summed E-state index contributed by atoms with van der Waals surface area (Å²) >= 11 is 6.17. The third-order valence-electron chi connectivity index (χ3n) is 3.32. The summed E-state index contributed by atoms with van der Waals surface area (Å²) in [4.78, 5) is 17.8. The standard InChI is InChI=1S/C13H19ClN4O/c1-2-16-12-4-3-10(14)11(17-12)8-18-6-5-9(7-18)13(15)19/h3-4,9H,2,5-8H2,1H3,(H2,15,19)(H,16,17). The maximum Gasteiger partial charge on any atom is 0.221 e. The van der Waals surface area contributed by atoms with E-state index in [0.29, 0.717) is 18.1 Å². The summed E-state index contributed by atoms with van der Waals surface area (Å²) in [5.74, 6) is 0.561. The number of nitrogens with two attached hydrogens (primary N) is 1. The van der Waals surface area contributed by atoms with E-state index in [1.54, 1.807) is 0 Å². The lowest BCUT2D eigenvalue weighted by Crippen LogP contribution is -2.27. The summed E-state index contributed by atoms with van der Waals surface area (Å²) < 4.78 is 0. The fourth-order valence-electron chi connectivity index (χ4n) is 2.30. The quantitative estimate of drug-likeness (QED) is 0.858. The van der Waals surface area contributed by atoms with Crippen LogP contribution in [0.25, 0.3) is 0 Å².